The first-order valence-electron chi connectivity index (χ1n) is 9.60. The first-order chi connectivity index (χ1) is 14.2. The summed E-state index contributed by atoms with van der Waals surface area (Å²) in [5.41, 5.74) is 7.65. The molecule has 0 radical (unpaired) electrons. The maximum Gasteiger partial charge on any atom is 0.274 e. The predicted molar refractivity (Wildman–Crippen MR) is 109 cm³/mol. The zero-order valence-electron chi connectivity index (χ0n) is 15.6. The summed E-state index contributed by atoms with van der Waals surface area (Å²) in [6.07, 6.45) is 6.31. The Morgan fingerprint density at radius 2 is 2.21 bits per heavy atom. The first kappa shape index (κ1) is 18.2. The number of hydrogen-bond donors (Lipinski definition) is 5. The van der Waals surface area contributed by atoms with Crippen LogP contribution >= 0.6 is 11.3 Å². The van der Waals surface area contributed by atoms with Gasteiger partial charge in [0, 0.05) is 18.6 Å². The number of rotatable bonds is 5. The van der Waals surface area contributed by atoms with Crippen molar-refractivity contribution >= 4 is 28.2 Å². The molecule has 10 nitrogen and oxygen atoms in total. The van der Waals surface area contributed by atoms with Crippen LogP contribution in [0.25, 0.3) is 10.7 Å². The molecular weight excluding hydrogens is 390 g/mol. The SMILES string of the molecule is O=C(Nc1cccc(-c2nnc(NC3CCC4NNCC4C3)s2)n1)c1cnc[nH]1. The maximum atomic E-state index is 12.2. The minimum absolute atomic E-state index is 0.293. The molecule has 0 bridgehead atoms. The van der Waals surface area contributed by atoms with Gasteiger partial charge in [-0.1, -0.05) is 17.4 Å². The van der Waals surface area contributed by atoms with Gasteiger partial charge >= 0.3 is 0 Å². The Labute approximate surface area is 170 Å². The summed E-state index contributed by atoms with van der Waals surface area (Å²) in [6, 6.07) is 6.42. The Morgan fingerprint density at radius 1 is 1.24 bits per heavy atom. The average molecular weight is 411 g/mol. The molecule has 1 amide bonds. The largest absolute Gasteiger partial charge is 0.357 e. The third kappa shape index (κ3) is 3.97. The highest BCUT2D eigenvalue weighted by atomic mass is 32.1. The number of imidazole rings is 1. The normalized spacial score (nSPS) is 23.5. The van der Waals surface area contributed by atoms with Gasteiger partial charge in [0.25, 0.3) is 5.91 Å². The molecule has 29 heavy (non-hydrogen) atoms. The molecule has 5 N–H and O–H groups in total. The van der Waals surface area contributed by atoms with Gasteiger partial charge in [-0.3, -0.25) is 15.6 Å². The van der Waals surface area contributed by atoms with E-state index >= 15 is 0 Å². The van der Waals surface area contributed by atoms with Gasteiger partial charge in [-0.2, -0.15) is 0 Å². The molecule has 1 aliphatic carbocycles. The number of carbonyl (C=O) groups excluding carboxylic acids is 1. The van der Waals surface area contributed by atoms with Crippen molar-refractivity contribution in [1.82, 2.24) is 36.0 Å². The van der Waals surface area contributed by atoms with Crippen LogP contribution < -0.4 is 21.5 Å². The Hall–Kier alpha value is -2.89. The lowest BCUT2D eigenvalue weighted by atomic mass is 9.83. The van der Waals surface area contributed by atoms with Crippen LogP contribution in [0.4, 0.5) is 10.9 Å². The van der Waals surface area contributed by atoms with Crippen LogP contribution in [0, 0.1) is 5.92 Å². The number of fused-ring (bicyclic) bond motifs is 1. The van der Waals surface area contributed by atoms with E-state index in [1.165, 1.54) is 23.9 Å². The zero-order valence-corrected chi connectivity index (χ0v) is 16.4. The molecule has 3 aromatic rings. The van der Waals surface area contributed by atoms with Crippen molar-refractivity contribution < 1.29 is 4.79 Å². The number of nitrogens with one attached hydrogen (secondary N) is 5. The van der Waals surface area contributed by atoms with Crippen LogP contribution in [0.3, 0.4) is 0 Å². The molecule has 3 atom stereocenters. The van der Waals surface area contributed by atoms with Gasteiger partial charge in [-0.05, 0) is 37.3 Å². The number of anilines is 2. The van der Waals surface area contributed by atoms with Crippen LogP contribution in [-0.4, -0.2) is 49.7 Å². The second kappa shape index (κ2) is 7.85. The number of carbonyl (C=O) groups is 1. The number of H-pyrrole nitrogens is 1. The van der Waals surface area contributed by atoms with Crippen LogP contribution in [0.2, 0.25) is 0 Å². The van der Waals surface area contributed by atoms with E-state index in [0.717, 1.165) is 30.9 Å². The molecule has 150 valence electrons. The zero-order chi connectivity index (χ0) is 19.6. The molecule has 3 aromatic heterocycles. The van der Waals surface area contributed by atoms with Gasteiger partial charge in [0.05, 0.1) is 12.5 Å². The van der Waals surface area contributed by atoms with Crippen LogP contribution in [0.1, 0.15) is 29.8 Å². The molecule has 1 saturated heterocycles. The molecule has 2 fully saturated rings. The fraction of sp³-hybridized carbons (Fsp3) is 0.389. The monoisotopic (exact) mass is 411 g/mol. The Kier molecular flexibility index (Phi) is 4.92. The van der Waals surface area contributed by atoms with Gasteiger partial charge in [0.2, 0.25) is 5.13 Å². The second-order valence-corrected chi connectivity index (χ2v) is 8.26. The number of hydrazine groups is 1. The van der Waals surface area contributed by atoms with E-state index in [9.17, 15) is 4.79 Å². The lowest BCUT2D eigenvalue weighted by Gasteiger charge is -2.30. The van der Waals surface area contributed by atoms with E-state index < -0.39 is 0 Å². The van der Waals surface area contributed by atoms with E-state index in [4.69, 9.17) is 0 Å². The van der Waals surface area contributed by atoms with Gasteiger partial charge in [-0.25, -0.2) is 9.97 Å². The molecule has 0 spiro atoms. The van der Waals surface area contributed by atoms with Crippen LogP contribution in [0.15, 0.2) is 30.7 Å². The average Bonchev–Trinajstić information content (AvgIpc) is 3.49. The summed E-state index contributed by atoms with van der Waals surface area (Å²) >= 11 is 1.47. The summed E-state index contributed by atoms with van der Waals surface area (Å²) in [4.78, 5) is 23.3. The molecular formula is C18H21N9OS. The van der Waals surface area contributed by atoms with E-state index in [0.29, 0.717) is 40.2 Å². The van der Waals surface area contributed by atoms with Crippen molar-refractivity contribution in [2.24, 2.45) is 5.92 Å². The number of aromatic amines is 1. The number of hydrogen-bond acceptors (Lipinski definition) is 9. The summed E-state index contributed by atoms with van der Waals surface area (Å²) in [6.45, 7) is 1.02. The van der Waals surface area contributed by atoms with E-state index in [1.54, 1.807) is 6.07 Å². The minimum Gasteiger partial charge on any atom is -0.357 e. The highest BCUT2D eigenvalue weighted by Gasteiger charge is 2.34. The molecule has 2 aliphatic rings. The topological polar surface area (TPSA) is 133 Å². The molecule has 3 unspecified atom stereocenters. The van der Waals surface area contributed by atoms with Crippen molar-refractivity contribution in [2.75, 3.05) is 17.2 Å². The Balaban J connectivity index is 1.25. The molecule has 0 aromatic carbocycles. The predicted octanol–water partition coefficient (Wildman–Crippen LogP) is 1.63. The lowest BCUT2D eigenvalue weighted by Crippen LogP contribution is -2.39. The van der Waals surface area contributed by atoms with Crippen LogP contribution in [-0.2, 0) is 0 Å². The fourth-order valence-electron chi connectivity index (χ4n) is 3.88. The second-order valence-electron chi connectivity index (χ2n) is 7.29. The van der Waals surface area contributed by atoms with Crippen molar-refractivity contribution in [1.29, 1.82) is 0 Å². The summed E-state index contributed by atoms with van der Waals surface area (Å²) < 4.78 is 0. The number of nitrogens with zero attached hydrogens (tertiary/aromatic N) is 4. The molecule has 1 saturated carbocycles. The lowest BCUT2D eigenvalue weighted by molar-refractivity contribution is 0.102. The van der Waals surface area contributed by atoms with Crippen molar-refractivity contribution in [3.8, 4) is 10.7 Å². The Morgan fingerprint density at radius 3 is 3.10 bits per heavy atom. The van der Waals surface area contributed by atoms with Crippen molar-refractivity contribution in [3.63, 3.8) is 0 Å². The van der Waals surface area contributed by atoms with Gasteiger partial charge < -0.3 is 15.6 Å². The summed E-state index contributed by atoms with van der Waals surface area (Å²) in [7, 11) is 0. The summed E-state index contributed by atoms with van der Waals surface area (Å²) in [5, 5.41) is 16.4. The molecule has 5 rings (SSSR count). The minimum atomic E-state index is -0.293. The van der Waals surface area contributed by atoms with Gasteiger partial charge in [0.15, 0.2) is 5.01 Å². The van der Waals surface area contributed by atoms with Gasteiger partial charge in [-0.15, -0.1) is 10.2 Å². The number of amides is 1. The standard InChI is InChI=1S/C18H21N9OS/c28-16(14-8-19-9-20-14)24-15-3-1-2-13(23-15)17-26-27-18(29-17)22-11-4-5-12-10(6-11)7-21-25-12/h1-3,8-12,21,25H,4-7H2,(H,19,20)(H,22,27)(H,23,24,28). The molecule has 4 heterocycles. The van der Waals surface area contributed by atoms with E-state index in [1.807, 2.05) is 12.1 Å². The first-order valence-corrected chi connectivity index (χ1v) is 10.4. The fourth-order valence-corrected chi connectivity index (χ4v) is 4.67. The quantitative estimate of drug-likeness (QED) is 0.428. The third-order valence-electron chi connectivity index (χ3n) is 5.34. The smallest absolute Gasteiger partial charge is 0.274 e. The Bertz CT molecular complexity index is 989. The van der Waals surface area contributed by atoms with E-state index in [-0.39, 0.29) is 5.91 Å². The molecule has 11 heteroatoms. The highest BCUT2D eigenvalue weighted by molar-refractivity contribution is 7.18. The molecule has 1 aliphatic heterocycles. The third-order valence-corrected chi connectivity index (χ3v) is 6.22. The van der Waals surface area contributed by atoms with Gasteiger partial charge in [0.1, 0.15) is 17.2 Å². The number of pyridine rings is 1. The summed E-state index contributed by atoms with van der Waals surface area (Å²) in [5.74, 6) is 0.815. The maximum absolute atomic E-state index is 12.2. The highest BCUT2D eigenvalue weighted by Crippen LogP contribution is 2.31. The van der Waals surface area contributed by atoms with Crippen molar-refractivity contribution in [2.45, 2.75) is 31.3 Å². The van der Waals surface area contributed by atoms with Crippen molar-refractivity contribution in [3.05, 3.63) is 36.4 Å². The van der Waals surface area contributed by atoms with Crippen LogP contribution in [0.5, 0.6) is 0 Å². The number of aromatic nitrogens is 5. The van der Waals surface area contributed by atoms with E-state index in [2.05, 4.69) is 46.6 Å².